The number of hydrogen-bond acceptors (Lipinski definition) is 10. The zero-order valence-electron chi connectivity index (χ0n) is 25.7. The maximum atomic E-state index is 13.1. The van der Waals surface area contributed by atoms with Crippen molar-refractivity contribution in [2.24, 2.45) is 0 Å². The highest BCUT2D eigenvalue weighted by atomic mass is 32.1. The summed E-state index contributed by atoms with van der Waals surface area (Å²) >= 11 is 4.62. The normalized spacial score (nSPS) is 23.7. The Kier molecular flexibility index (Phi) is 22.2. The summed E-state index contributed by atoms with van der Waals surface area (Å²) in [4.78, 5) is 13.1. The fourth-order valence-electron chi connectivity index (χ4n) is 3.84. The number of carbonyl (C=O) groups is 1. The van der Waals surface area contributed by atoms with E-state index in [1.807, 2.05) is 10.6 Å². The van der Waals surface area contributed by atoms with Gasteiger partial charge in [-0.15, -0.1) is 0 Å². The predicted molar refractivity (Wildman–Crippen MR) is 186 cm³/mol. The lowest BCUT2D eigenvalue weighted by Crippen LogP contribution is -2.64. The van der Waals surface area contributed by atoms with Crippen LogP contribution in [0, 0.1) is 0 Å². The minimum absolute atomic E-state index is 0.107. The fourth-order valence-corrected chi connectivity index (χ4v) is 19.0. The Morgan fingerprint density at radius 1 is 0.756 bits per heavy atom. The summed E-state index contributed by atoms with van der Waals surface area (Å²) in [6.07, 6.45) is 12.5. The summed E-state index contributed by atoms with van der Waals surface area (Å²) < 4.78 is 42.8. The predicted octanol–water partition coefficient (Wildman–Crippen LogP) is -0.343. The summed E-state index contributed by atoms with van der Waals surface area (Å²) in [7, 11) is -10.1. The molecule has 1 saturated heterocycles. The molecule has 1 fully saturated rings. The molecule has 10 nitrogen and oxygen atoms in total. The van der Waals surface area contributed by atoms with E-state index in [0.717, 1.165) is 31.3 Å². The van der Waals surface area contributed by atoms with E-state index in [2.05, 4.69) is 72.4 Å². The van der Waals surface area contributed by atoms with Crippen LogP contribution in [0.25, 0.3) is 0 Å². The van der Waals surface area contributed by atoms with Crippen molar-refractivity contribution in [2.75, 3.05) is 12.3 Å². The van der Waals surface area contributed by atoms with Crippen LogP contribution in [0.2, 0.25) is 0 Å². The molecule has 18 heteroatoms. The molecule has 1 aliphatic heterocycles. The van der Waals surface area contributed by atoms with Crippen LogP contribution >= 0.6 is 12.6 Å². The van der Waals surface area contributed by atoms with Crippen molar-refractivity contribution in [3.05, 3.63) is 46.6 Å². The second-order valence-corrected chi connectivity index (χ2v) is 24.3. The van der Waals surface area contributed by atoms with Crippen molar-refractivity contribution in [3.63, 3.8) is 0 Å². The summed E-state index contributed by atoms with van der Waals surface area (Å²) in [5.74, 6) is -0.832. The van der Waals surface area contributed by atoms with E-state index in [1.165, 1.54) is 16.7 Å². The van der Waals surface area contributed by atoms with Crippen molar-refractivity contribution < 1.29 is 38.7 Å². The van der Waals surface area contributed by atoms with E-state index in [-0.39, 0.29) is 5.75 Å². The average molecular weight is 714 g/mol. The molecule has 0 unspecified atom stereocenters. The number of nitrogens with zero attached hydrogens (tertiary/aromatic N) is 1. The molecule has 1 N–H and O–H groups in total. The molecular formula is C23H51NO9SSi7. The van der Waals surface area contributed by atoms with Gasteiger partial charge in [-0.2, -0.15) is 12.6 Å². The molecule has 41 heavy (non-hydrogen) atoms. The Bertz CT molecular complexity index is 876. The van der Waals surface area contributed by atoms with E-state index in [9.17, 15) is 9.90 Å². The monoisotopic (exact) mass is 713 g/mol. The third-order valence-electron chi connectivity index (χ3n) is 6.33. The standard InChI is InChI=1S/C23H51NO9SSi7/c1-18(2)9-7-11-20(5)13-15-23(17-34,22(25)26)24(16-14-21(6)12-8-10-19(3)4)41-32-39-30-37-28-35-27-36-29-38-31-40-33-41/h9-10,13-14,34,41H,7-8,11-12,15-17,35-40H2,1-6H3,(H,25,26)/b20-13+,21-14+/t23-/m0/s1. The van der Waals surface area contributed by atoms with Gasteiger partial charge in [0.2, 0.25) is 0 Å². The highest BCUT2D eigenvalue weighted by Crippen LogP contribution is 2.27. The van der Waals surface area contributed by atoms with Gasteiger partial charge in [0.05, 0.1) is 0 Å². The third-order valence-corrected chi connectivity index (χ3v) is 18.1. The molecular weight excluding hydrogens is 663 g/mol. The van der Waals surface area contributed by atoms with Crippen LogP contribution in [0.15, 0.2) is 46.6 Å². The topological polar surface area (TPSA) is 105 Å². The van der Waals surface area contributed by atoms with Crippen LogP contribution < -0.4 is 0 Å². The Labute approximate surface area is 268 Å². The quantitative estimate of drug-likeness (QED) is 0.141. The van der Waals surface area contributed by atoms with Gasteiger partial charge >= 0.3 is 15.4 Å². The minimum Gasteiger partial charge on any atom is -0.480 e. The van der Waals surface area contributed by atoms with Gasteiger partial charge in [-0.3, -0.25) is 9.36 Å². The highest BCUT2D eigenvalue weighted by Gasteiger charge is 2.47. The molecule has 236 valence electrons. The van der Waals surface area contributed by atoms with Gasteiger partial charge in [-0.1, -0.05) is 46.6 Å². The molecule has 0 bridgehead atoms. The molecule has 0 saturated carbocycles. The molecule has 1 rings (SSSR count). The zero-order chi connectivity index (χ0) is 30.5. The molecule has 0 spiro atoms. The van der Waals surface area contributed by atoms with Crippen molar-refractivity contribution in [1.82, 2.24) is 4.57 Å². The SMILES string of the molecule is CC(C)=CCC/C(C)=C/CN([SiH]1O[SiH2]O[SiH2]O[SiH2]O[SiH2]O[SiH2]O[SiH2]O1)[C@](CS)(C/C=C(\C)CCC=C(C)C)C(=O)O. The first-order valence-corrected chi connectivity index (χ1v) is 22.9. The summed E-state index contributed by atoms with van der Waals surface area (Å²) in [6.45, 7) is 12.9. The van der Waals surface area contributed by atoms with E-state index in [1.54, 1.807) is 0 Å². The molecule has 0 aliphatic carbocycles. The van der Waals surface area contributed by atoms with E-state index < -0.39 is 81.0 Å². The first-order valence-electron chi connectivity index (χ1n) is 13.9. The van der Waals surface area contributed by atoms with Gasteiger partial charge in [0.25, 0.3) is 60.0 Å². The van der Waals surface area contributed by atoms with Crippen LogP contribution in [-0.2, 0) is 33.6 Å². The number of carboxylic acid groups (broad SMARTS) is 1. The third kappa shape index (κ3) is 17.2. The van der Waals surface area contributed by atoms with Crippen molar-refractivity contribution >= 4 is 88.1 Å². The lowest BCUT2D eigenvalue weighted by Gasteiger charge is -2.42. The van der Waals surface area contributed by atoms with Gasteiger partial charge in [0.1, 0.15) is 5.54 Å². The van der Waals surface area contributed by atoms with E-state index in [4.69, 9.17) is 28.8 Å². The molecule has 1 heterocycles. The first-order chi connectivity index (χ1) is 19.6. The fraction of sp³-hybridized carbons (Fsp3) is 0.609. The maximum Gasteiger partial charge on any atom is 0.393 e. The highest BCUT2D eigenvalue weighted by molar-refractivity contribution is 7.80. The van der Waals surface area contributed by atoms with Gasteiger partial charge in [-0.05, 0) is 73.6 Å². The summed E-state index contributed by atoms with van der Waals surface area (Å²) in [5.41, 5.74) is 3.59. The second-order valence-electron chi connectivity index (χ2n) is 10.5. The Morgan fingerprint density at radius 3 is 1.61 bits per heavy atom. The van der Waals surface area contributed by atoms with Gasteiger partial charge < -0.3 is 33.9 Å². The molecule has 1 atom stereocenters. The largest absolute Gasteiger partial charge is 0.480 e. The Balaban J connectivity index is 3.33. The zero-order valence-corrected chi connectivity index (χ0v) is 36.2. The number of thiol groups is 1. The van der Waals surface area contributed by atoms with Gasteiger partial charge in [-0.25, -0.2) is 0 Å². The lowest BCUT2D eigenvalue weighted by atomic mass is 9.95. The van der Waals surface area contributed by atoms with Crippen molar-refractivity contribution in [2.45, 2.75) is 79.2 Å². The molecule has 0 amide bonds. The van der Waals surface area contributed by atoms with Gasteiger partial charge in [0, 0.05) is 12.3 Å². The molecule has 0 radical (unpaired) electrons. The van der Waals surface area contributed by atoms with E-state index in [0.29, 0.717) is 13.0 Å². The number of rotatable bonds is 14. The first kappa shape index (κ1) is 39.0. The molecule has 0 aromatic heterocycles. The van der Waals surface area contributed by atoms with Crippen molar-refractivity contribution in [3.8, 4) is 0 Å². The lowest BCUT2D eigenvalue weighted by molar-refractivity contribution is -0.147. The maximum absolute atomic E-state index is 13.1. The van der Waals surface area contributed by atoms with Crippen LogP contribution in [0.4, 0.5) is 0 Å². The number of carboxylic acids is 1. The van der Waals surface area contributed by atoms with Crippen LogP contribution in [0.1, 0.15) is 73.6 Å². The number of allylic oxidation sites excluding steroid dienone is 6. The molecule has 1 aliphatic rings. The molecule has 0 aromatic rings. The average Bonchev–Trinajstić information content (AvgIpc) is 2.91. The van der Waals surface area contributed by atoms with Crippen LogP contribution in [0.3, 0.4) is 0 Å². The van der Waals surface area contributed by atoms with Crippen LogP contribution in [0.5, 0.6) is 0 Å². The van der Waals surface area contributed by atoms with Crippen molar-refractivity contribution in [1.29, 1.82) is 0 Å². The molecule has 0 aromatic carbocycles. The number of hydrogen-bond donors (Lipinski definition) is 2. The van der Waals surface area contributed by atoms with Gasteiger partial charge in [0.15, 0.2) is 0 Å². The van der Waals surface area contributed by atoms with Crippen LogP contribution in [-0.4, -0.2) is 103 Å². The summed E-state index contributed by atoms with van der Waals surface area (Å²) in [5, 5.41) is 10.7. The minimum atomic E-state index is -2.72. The Morgan fingerprint density at radius 2 is 1.20 bits per heavy atom. The summed E-state index contributed by atoms with van der Waals surface area (Å²) in [6, 6.07) is 0. The second kappa shape index (κ2) is 23.4. The van der Waals surface area contributed by atoms with E-state index >= 15 is 0 Å². The number of aliphatic carboxylic acids is 1. The Hall–Kier alpha value is -0.0218. The smallest absolute Gasteiger partial charge is 0.393 e.